The normalized spacial score (nSPS) is 21.1. The van der Waals surface area contributed by atoms with E-state index >= 15 is 0 Å². The van der Waals surface area contributed by atoms with Crippen LogP contribution in [0.5, 0.6) is 5.75 Å². The van der Waals surface area contributed by atoms with Crippen LogP contribution in [0.4, 0.5) is 0 Å². The lowest BCUT2D eigenvalue weighted by Gasteiger charge is -2.35. The maximum Gasteiger partial charge on any atom is 0.266 e. The van der Waals surface area contributed by atoms with Gasteiger partial charge in [0.25, 0.3) is 5.91 Å². The van der Waals surface area contributed by atoms with Crippen LogP contribution in [0.2, 0.25) is 0 Å². The largest absolute Gasteiger partial charge is 0.496 e. The molecule has 0 saturated carbocycles. The van der Waals surface area contributed by atoms with E-state index in [-0.39, 0.29) is 23.7 Å². The van der Waals surface area contributed by atoms with Crippen LogP contribution < -0.4 is 10.1 Å². The van der Waals surface area contributed by atoms with Gasteiger partial charge >= 0.3 is 0 Å². The summed E-state index contributed by atoms with van der Waals surface area (Å²) in [6.45, 7) is 5.30. The second kappa shape index (κ2) is 8.37. The summed E-state index contributed by atoms with van der Waals surface area (Å²) in [7, 11) is 1.61. The number of methoxy groups -OCH3 is 1. The van der Waals surface area contributed by atoms with E-state index in [0.717, 1.165) is 11.3 Å². The lowest BCUT2D eigenvalue weighted by molar-refractivity contribution is -0.138. The van der Waals surface area contributed by atoms with Crippen molar-refractivity contribution >= 4 is 5.91 Å². The Bertz CT molecular complexity index is 641. The summed E-state index contributed by atoms with van der Waals surface area (Å²) in [6.07, 6.45) is 1.41. The number of morpholine rings is 1. The van der Waals surface area contributed by atoms with Crippen molar-refractivity contribution in [2.24, 2.45) is 0 Å². The van der Waals surface area contributed by atoms with Crippen LogP contribution in [0.15, 0.2) is 36.0 Å². The fraction of sp³-hybridized carbons (Fsp3) is 0.444. The summed E-state index contributed by atoms with van der Waals surface area (Å²) in [5.41, 5.74) is 1.04. The summed E-state index contributed by atoms with van der Waals surface area (Å²) in [6, 6.07) is 9.58. The molecule has 24 heavy (non-hydrogen) atoms. The number of ether oxygens (including phenoxy) is 2. The van der Waals surface area contributed by atoms with Crippen molar-refractivity contribution in [2.45, 2.75) is 32.6 Å². The highest BCUT2D eigenvalue weighted by molar-refractivity contribution is 5.97. The highest BCUT2D eigenvalue weighted by Gasteiger charge is 2.27. The third kappa shape index (κ3) is 4.49. The lowest BCUT2D eigenvalue weighted by atomic mass is 10.2. The van der Waals surface area contributed by atoms with Gasteiger partial charge in [-0.2, -0.15) is 5.26 Å². The fourth-order valence-corrected chi connectivity index (χ4v) is 2.77. The molecule has 6 nitrogen and oxygen atoms in total. The zero-order valence-electron chi connectivity index (χ0n) is 14.3. The molecule has 0 bridgehead atoms. The molecule has 1 aliphatic heterocycles. The van der Waals surface area contributed by atoms with Gasteiger partial charge in [-0.3, -0.25) is 4.79 Å². The molecule has 0 aromatic heterocycles. The SMILES string of the molecule is COc1ccccc1CN/C=C(/C#N)C(=O)N1CC(C)OC(C)C1. The van der Waals surface area contributed by atoms with E-state index in [9.17, 15) is 10.1 Å². The van der Waals surface area contributed by atoms with E-state index in [4.69, 9.17) is 9.47 Å². The second-order valence-corrected chi connectivity index (χ2v) is 5.83. The minimum Gasteiger partial charge on any atom is -0.496 e. The van der Waals surface area contributed by atoms with Gasteiger partial charge in [-0.1, -0.05) is 18.2 Å². The molecule has 6 heteroatoms. The van der Waals surface area contributed by atoms with Crippen LogP contribution in [-0.4, -0.2) is 43.2 Å². The average Bonchev–Trinajstić information content (AvgIpc) is 2.57. The number of rotatable bonds is 5. The van der Waals surface area contributed by atoms with Gasteiger partial charge in [-0.25, -0.2) is 0 Å². The highest BCUT2D eigenvalue weighted by atomic mass is 16.5. The highest BCUT2D eigenvalue weighted by Crippen LogP contribution is 2.17. The van der Waals surface area contributed by atoms with Crippen LogP contribution in [0, 0.1) is 11.3 Å². The Balaban J connectivity index is 2.01. The third-order valence-electron chi connectivity index (χ3n) is 3.79. The number of benzene rings is 1. The van der Waals surface area contributed by atoms with Crippen molar-refractivity contribution in [2.75, 3.05) is 20.2 Å². The molecule has 1 aliphatic rings. The Morgan fingerprint density at radius 2 is 2.08 bits per heavy atom. The second-order valence-electron chi connectivity index (χ2n) is 5.83. The van der Waals surface area contributed by atoms with E-state index in [2.05, 4.69) is 5.32 Å². The van der Waals surface area contributed by atoms with Crippen LogP contribution in [0.1, 0.15) is 19.4 Å². The number of hydrogen-bond donors (Lipinski definition) is 1. The van der Waals surface area contributed by atoms with Crippen LogP contribution >= 0.6 is 0 Å². The van der Waals surface area contributed by atoms with E-state index in [1.165, 1.54) is 6.20 Å². The summed E-state index contributed by atoms with van der Waals surface area (Å²) in [5, 5.41) is 12.3. The molecule has 2 rings (SSSR count). The summed E-state index contributed by atoms with van der Waals surface area (Å²) < 4.78 is 10.9. The molecule has 128 valence electrons. The van der Waals surface area contributed by atoms with Crippen molar-refractivity contribution < 1.29 is 14.3 Å². The molecule has 1 heterocycles. The molecule has 1 aromatic carbocycles. The number of nitrogens with one attached hydrogen (secondary N) is 1. The maximum absolute atomic E-state index is 12.5. The molecular weight excluding hydrogens is 306 g/mol. The summed E-state index contributed by atoms with van der Waals surface area (Å²) in [5.74, 6) is 0.492. The molecule has 1 aromatic rings. The summed E-state index contributed by atoms with van der Waals surface area (Å²) in [4.78, 5) is 14.2. The van der Waals surface area contributed by atoms with E-state index in [1.54, 1.807) is 12.0 Å². The van der Waals surface area contributed by atoms with Crippen LogP contribution in [-0.2, 0) is 16.1 Å². The number of carbonyl (C=O) groups excluding carboxylic acids is 1. The molecule has 0 spiro atoms. The summed E-state index contributed by atoms with van der Waals surface area (Å²) >= 11 is 0. The minimum atomic E-state index is -0.271. The lowest BCUT2D eigenvalue weighted by Crippen LogP contribution is -2.48. The topological polar surface area (TPSA) is 74.6 Å². The molecule has 0 aliphatic carbocycles. The number of carbonyl (C=O) groups is 1. The molecule has 0 radical (unpaired) electrons. The predicted molar refractivity (Wildman–Crippen MR) is 90.1 cm³/mol. The molecule has 1 amide bonds. The van der Waals surface area contributed by atoms with Crippen molar-refractivity contribution in [1.82, 2.24) is 10.2 Å². The third-order valence-corrected chi connectivity index (χ3v) is 3.79. The Hall–Kier alpha value is -2.52. The number of amides is 1. The molecular formula is C18H23N3O3. The number of nitrogens with zero attached hydrogens (tertiary/aromatic N) is 2. The number of para-hydroxylation sites is 1. The monoisotopic (exact) mass is 329 g/mol. The van der Waals surface area contributed by atoms with Crippen LogP contribution in [0.3, 0.4) is 0 Å². The van der Waals surface area contributed by atoms with E-state index < -0.39 is 0 Å². The van der Waals surface area contributed by atoms with Gasteiger partial charge in [-0.15, -0.1) is 0 Å². The van der Waals surface area contributed by atoms with Gasteiger partial charge in [0.2, 0.25) is 0 Å². The van der Waals surface area contributed by atoms with Gasteiger partial charge in [0.1, 0.15) is 17.4 Å². The number of hydrogen-bond acceptors (Lipinski definition) is 5. The Morgan fingerprint density at radius 3 is 2.71 bits per heavy atom. The van der Waals surface area contributed by atoms with Gasteiger partial charge in [0.15, 0.2) is 0 Å². The Labute approximate surface area is 142 Å². The predicted octanol–water partition coefficient (Wildman–Crippen LogP) is 1.83. The van der Waals surface area contributed by atoms with E-state index in [0.29, 0.717) is 19.6 Å². The molecule has 1 fully saturated rings. The van der Waals surface area contributed by atoms with Gasteiger partial charge in [0.05, 0.1) is 19.3 Å². The minimum absolute atomic E-state index is 0.0285. The van der Waals surface area contributed by atoms with Crippen LogP contribution in [0.25, 0.3) is 0 Å². The molecule has 2 unspecified atom stereocenters. The van der Waals surface area contributed by atoms with E-state index in [1.807, 2.05) is 44.2 Å². The van der Waals surface area contributed by atoms with Gasteiger partial charge in [0, 0.05) is 31.4 Å². The smallest absolute Gasteiger partial charge is 0.266 e. The van der Waals surface area contributed by atoms with Crippen molar-refractivity contribution in [3.8, 4) is 11.8 Å². The molecule has 2 atom stereocenters. The standard InChI is InChI=1S/C18H23N3O3/c1-13-11-21(12-14(2)24-13)18(22)16(8-19)10-20-9-15-6-4-5-7-17(15)23-3/h4-7,10,13-14,20H,9,11-12H2,1-3H3/b16-10-. The fourth-order valence-electron chi connectivity index (χ4n) is 2.77. The van der Waals surface area contributed by atoms with Crippen molar-refractivity contribution in [3.63, 3.8) is 0 Å². The molecule has 1 saturated heterocycles. The first kappa shape index (κ1) is 17.8. The number of nitriles is 1. The van der Waals surface area contributed by atoms with Gasteiger partial charge < -0.3 is 19.7 Å². The van der Waals surface area contributed by atoms with Gasteiger partial charge in [-0.05, 0) is 19.9 Å². The first-order valence-corrected chi connectivity index (χ1v) is 7.95. The Morgan fingerprint density at radius 1 is 1.42 bits per heavy atom. The van der Waals surface area contributed by atoms with Crippen molar-refractivity contribution in [1.29, 1.82) is 5.26 Å². The Kier molecular flexibility index (Phi) is 6.21. The quantitative estimate of drug-likeness (QED) is 0.659. The zero-order valence-corrected chi connectivity index (χ0v) is 14.3. The first-order valence-electron chi connectivity index (χ1n) is 7.95. The average molecular weight is 329 g/mol. The van der Waals surface area contributed by atoms with Crippen molar-refractivity contribution in [3.05, 3.63) is 41.6 Å². The zero-order chi connectivity index (χ0) is 17.5. The molecule has 1 N–H and O–H groups in total. The first-order chi connectivity index (χ1) is 11.5. The maximum atomic E-state index is 12.5.